The SMILES string of the molecule is Cc1ccccc1NC(=O)CSc1nnc(CNC(=O)c2ccc(Cl)c(Cl)c2)n1C. The second-order valence-electron chi connectivity index (χ2n) is 6.42. The van der Waals surface area contributed by atoms with Gasteiger partial charge in [-0.3, -0.25) is 9.59 Å². The maximum absolute atomic E-state index is 12.3. The van der Waals surface area contributed by atoms with Crippen molar-refractivity contribution >= 4 is 52.5 Å². The van der Waals surface area contributed by atoms with E-state index < -0.39 is 0 Å². The minimum atomic E-state index is -0.302. The third-order valence-electron chi connectivity index (χ3n) is 4.27. The summed E-state index contributed by atoms with van der Waals surface area (Å²) in [5.41, 5.74) is 2.18. The number of aryl methyl sites for hydroxylation is 1. The molecule has 3 rings (SSSR count). The Morgan fingerprint density at radius 3 is 2.60 bits per heavy atom. The molecule has 156 valence electrons. The van der Waals surface area contributed by atoms with Gasteiger partial charge in [0.25, 0.3) is 5.91 Å². The normalized spacial score (nSPS) is 10.7. The van der Waals surface area contributed by atoms with Gasteiger partial charge in [-0.15, -0.1) is 10.2 Å². The first-order valence-electron chi connectivity index (χ1n) is 8.95. The number of benzene rings is 2. The number of hydrogen-bond acceptors (Lipinski definition) is 5. The summed E-state index contributed by atoms with van der Waals surface area (Å²) in [7, 11) is 1.78. The molecule has 2 amide bonds. The van der Waals surface area contributed by atoms with Crippen molar-refractivity contribution < 1.29 is 9.59 Å². The summed E-state index contributed by atoms with van der Waals surface area (Å²) in [6.07, 6.45) is 0. The first kappa shape index (κ1) is 22.1. The van der Waals surface area contributed by atoms with Crippen LogP contribution in [0.3, 0.4) is 0 Å². The van der Waals surface area contributed by atoms with Crippen molar-refractivity contribution in [2.24, 2.45) is 7.05 Å². The van der Waals surface area contributed by atoms with Gasteiger partial charge < -0.3 is 15.2 Å². The molecule has 3 aromatic rings. The fourth-order valence-corrected chi connectivity index (χ4v) is 3.58. The van der Waals surface area contributed by atoms with Crippen LogP contribution in [0.25, 0.3) is 0 Å². The van der Waals surface area contributed by atoms with Gasteiger partial charge in [-0.05, 0) is 36.8 Å². The number of carbonyl (C=O) groups is 2. The van der Waals surface area contributed by atoms with E-state index in [1.165, 1.54) is 17.8 Å². The minimum absolute atomic E-state index is 0.133. The molecule has 0 unspecified atom stereocenters. The maximum atomic E-state index is 12.3. The van der Waals surface area contributed by atoms with Crippen LogP contribution < -0.4 is 10.6 Å². The van der Waals surface area contributed by atoms with Gasteiger partial charge in [-0.1, -0.05) is 53.2 Å². The summed E-state index contributed by atoms with van der Waals surface area (Å²) in [4.78, 5) is 24.5. The smallest absolute Gasteiger partial charge is 0.251 e. The van der Waals surface area contributed by atoms with E-state index in [1.807, 2.05) is 31.2 Å². The third-order valence-corrected chi connectivity index (χ3v) is 6.02. The third kappa shape index (κ3) is 5.53. The Balaban J connectivity index is 1.54. The number of amides is 2. The highest BCUT2D eigenvalue weighted by molar-refractivity contribution is 7.99. The summed E-state index contributed by atoms with van der Waals surface area (Å²) in [6.45, 7) is 2.11. The lowest BCUT2D eigenvalue weighted by Crippen LogP contribution is -2.24. The molecule has 2 aromatic carbocycles. The summed E-state index contributed by atoms with van der Waals surface area (Å²) in [5.74, 6) is 0.316. The van der Waals surface area contributed by atoms with Crippen LogP contribution in [-0.2, 0) is 18.4 Å². The number of hydrogen-bond donors (Lipinski definition) is 2. The van der Waals surface area contributed by atoms with Crippen LogP contribution in [0.1, 0.15) is 21.7 Å². The Bertz CT molecular complexity index is 1090. The van der Waals surface area contributed by atoms with Gasteiger partial charge in [-0.25, -0.2) is 0 Å². The molecule has 0 aliphatic carbocycles. The van der Waals surface area contributed by atoms with Crippen molar-refractivity contribution in [1.29, 1.82) is 0 Å². The highest BCUT2D eigenvalue weighted by Gasteiger charge is 2.14. The fourth-order valence-electron chi connectivity index (χ4n) is 2.55. The molecule has 0 aliphatic rings. The Labute approximate surface area is 188 Å². The zero-order valence-corrected chi connectivity index (χ0v) is 18.6. The minimum Gasteiger partial charge on any atom is -0.345 e. The van der Waals surface area contributed by atoms with Gasteiger partial charge in [0, 0.05) is 18.3 Å². The number of aromatic nitrogens is 3. The van der Waals surface area contributed by atoms with E-state index in [1.54, 1.807) is 23.7 Å². The van der Waals surface area contributed by atoms with E-state index in [0.717, 1.165) is 11.3 Å². The molecule has 0 saturated carbocycles. The lowest BCUT2D eigenvalue weighted by Gasteiger charge is -2.08. The lowest BCUT2D eigenvalue weighted by atomic mass is 10.2. The Morgan fingerprint density at radius 2 is 1.87 bits per heavy atom. The highest BCUT2D eigenvalue weighted by Crippen LogP contribution is 2.22. The van der Waals surface area contributed by atoms with Gasteiger partial charge in [0.2, 0.25) is 5.91 Å². The Kier molecular flexibility index (Phi) is 7.36. The molecule has 2 N–H and O–H groups in total. The van der Waals surface area contributed by atoms with Crippen molar-refractivity contribution in [2.75, 3.05) is 11.1 Å². The van der Waals surface area contributed by atoms with Gasteiger partial charge in [-0.2, -0.15) is 0 Å². The summed E-state index contributed by atoms with van der Waals surface area (Å²) < 4.78 is 1.74. The van der Waals surface area contributed by atoms with Crippen LogP contribution in [-0.4, -0.2) is 32.3 Å². The standard InChI is InChI=1S/C20H19Cl2N5O2S/c1-12-5-3-4-6-16(12)24-18(28)11-30-20-26-25-17(27(20)2)10-23-19(29)13-7-8-14(21)15(22)9-13/h3-9H,10-11H2,1-2H3,(H,23,29)(H,24,28). The van der Waals surface area contributed by atoms with Crippen LogP contribution in [0.4, 0.5) is 5.69 Å². The van der Waals surface area contributed by atoms with Crippen LogP contribution in [0.5, 0.6) is 0 Å². The molecule has 0 aliphatic heterocycles. The molecule has 0 bridgehead atoms. The average molecular weight is 464 g/mol. The molecule has 1 heterocycles. The van der Waals surface area contributed by atoms with Crippen molar-refractivity contribution in [3.63, 3.8) is 0 Å². The zero-order valence-electron chi connectivity index (χ0n) is 16.3. The van der Waals surface area contributed by atoms with E-state index in [9.17, 15) is 9.59 Å². The zero-order chi connectivity index (χ0) is 21.7. The van der Waals surface area contributed by atoms with Crippen LogP contribution in [0, 0.1) is 6.92 Å². The molecule has 7 nitrogen and oxygen atoms in total. The van der Waals surface area contributed by atoms with Gasteiger partial charge >= 0.3 is 0 Å². The molecule has 10 heteroatoms. The fraction of sp³-hybridized carbons (Fsp3) is 0.200. The molecule has 30 heavy (non-hydrogen) atoms. The second-order valence-corrected chi connectivity index (χ2v) is 8.18. The monoisotopic (exact) mass is 463 g/mol. The maximum Gasteiger partial charge on any atom is 0.251 e. The number of rotatable bonds is 7. The van der Waals surface area contributed by atoms with Gasteiger partial charge in [0.1, 0.15) is 0 Å². The predicted molar refractivity (Wildman–Crippen MR) is 119 cm³/mol. The van der Waals surface area contributed by atoms with E-state index in [2.05, 4.69) is 20.8 Å². The van der Waals surface area contributed by atoms with E-state index in [-0.39, 0.29) is 24.1 Å². The van der Waals surface area contributed by atoms with E-state index in [4.69, 9.17) is 23.2 Å². The van der Waals surface area contributed by atoms with Crippen LogP contribution in [0.15, 0.2) is 47.6 Å². The van der Waals surface area contributed by atoms with Crippen molar-refractivity contribution in [3.05, 3.63) is 69.5 Å². The van der Waals surface area contributed by atoms with E-state index in [0.29, 0.717) is 26.6 Å². The number of carbonyl (C=O) groups excluding carboxylic acids is 2. The molecule has 0 saturated heterocycles. The van der Waals surface area contributed by atoms with Crippen LogP contribution >= 0.6 is 35.0 Å². The Morgan fingerprint density at radius 1 is 1.10 bits per heavy atom. The topological polar surface area (TPSA) is 88.9 Å². The first-order chi connectivity index (χ1) is 14.3. The number of halogens is 2. The molecular formula is C20H19Cl2N5O2S. The largest absolute Gasteiger partial charge is 0.345 e. The van der Waals surface area contributed by atoms with Crippen molar-refractivity contribution in [3.8, 4) is 0 Å². The number of nitrogens with zero attached hydrogens (tertiary/aromatic N) is 3. The summed E-state index contributed by atoms with van der Waals surface area (Å²) in [5, 5.41) is 15.1. The van der Waals surface area contributed by atoms with E-state index >= 15 is 0 Å². The molecule has 0 radical (unpaired) electrons. The van der Waals surface area contributed by atoms with Gasteiger partial charge in [0.05, 0.1) is 22.3 Å². The molecule has 1 aromatic heterocycles. The highest BCUT2D eigenvalue weighted by atomic mass is 35.5. The number of para-hydroxylation sites is 1. The molecule has 0 spiro atoms. The summed E-state index contributed by atoms with van der Waals surface area (Å²) in [6, 6.07) is 12.2. The lowest BCUT2D eigenvalue weighted by molar-refractivity contribution is -0.113. The number of nitrogens with one attached hydrogen (secondary N) is 2. The number of anilines is 1. The number of thioether (sulfide) groups is 1. The molecule has 0 fully saturated rings. The van der Waals surface area contributed by atoms with Crippen LogP contribution in [0.2, 0.25) is 10.0 Å². The van der Waals surface area contributed by atoms with Crippen molar-refractivity contribution in [1.82, 2.24) is 20.1 Å². The first-order valence-corrected chi connectivity index (χ1v) is 10.7. The quantitative estimate of drug-likeness (QED) is 0.515. The molecular weight excluding hydrogens is 445 g/mol. The summed E-state index contributed by atoms with van der Waals surface area (Å²) >= 11 is 13.1. The van der Waals surface area contributed by atoms with Gasteiger partial charge in [0.15, 0.2) is 11.0 Å². The average Bonchev–Trinajstić information content (AvgIpc) is 3.08. The Hall–Kier alpha value is -2.55. The molecule has 0 atom stereocenters. The second kappa shape index (κ2) is 9.97. The predicted octanol–water partition coefficient (Wildman–Crippen LogP) is 4.09. The van der Waals surface area contributed by atoms with Crippen molar-refractivity contribution in [2.45, 2.75) is 18.6 Å².